The molecule has 3 rings (SSSR count). The predicted molar refractivity (Wildman–Crippen MR) is 102 cm³/mol. The average molecular weight is 409 g/mol. The molecule has 148 valence electrons. The fraction of sp³-hybridized carbons (Fsp3) is 0.316. The van der Waals surface area contributed by atoms with Crippen molar-refractivity contribution in [1.82, 2.24) is 14.6 Å². The van der Waals surface area contributed by atoms with Gasteiger partial charge in [0, 0.05) is 17.4 Å². The summed E-state index contributed by atoms with van der Waals surface area (Å²) in [7, 11) is 0. The number of hydrogen-bond acceptors (Lipinski definition) is 4. The Morgan fingerprint density at radius 2 is 1.93 bits per heavy atom. The van der Waals surface area contributed by atoms with E-state index in [4.69, 9.17) is 11.6 Å². The third-order valence-corrected chi connectivity index (χ3v) is 4.52. The Labute approximate surface area is 165 Å². The van der Waals surface area contributed by atoms with E-state index in [1.165, 1.54) is 6.07 Å². The normalized spacial score (nSPS) is 12.0. The van der Waals surface area contributed by atoms with Crippen LogP contribution >= 0.6 is 11.6 Å². The molecule has 2 heterocycles. The number of hydrogen-bond donors (Lipinski definition) is 2. The van der Waals surface area contributed by atoms with Gasteiger partial charge in [0.2, 0.25) is 0 Å². The number of aryl methyl sites for hydroxylation is 2. The monoisotopic (exact) mass is 408 g/mol. The lowest BCUT2D eigenvalue weighted by atomic mass is 9.99. The molecule has 0 aliphatic heterocycles. The molecular formula is C19H19ClF2N4O2. The smallest absolute Gasteiger partial charge is 0.364 e. The number of carbonyl (C=O) groups excluding carboxylic acids is 1. The number of aromatic nitrogens is 3. The summed E-state index contributed by atoms with van der Waals surface area (Å²) in [5.41, 5.74) is 1.59. The lowest BCUT2D eigenvalue weighted by Gasteiger charge is -2.14. The van der Waals surface area contributed by atoms with E-state index in [9.17, 15) is 18.7 Å². The molecule has 1 aromatic carbocycles. The molecule has 0 saturated carbocycles. The third-order valence-electron chi connectivity index (χ3n) is 4.32. The summed E-state index contributed by atoms with van der Waals surface area (Å²) < 4.78 is 28.2. The Morgan fingerprint density at radius 3 is 2.54 bits per heavy atom. The van der Waals surface area contributed by atoms with Crippen molar-refractivity contribution in [2.24, 2.45) is 0 Å². The van der Waals surface area contributed by atoms with Crippen LogP contribution < -0.4 is 5.32 Å². The summed E-state index contributed by atoms with van der Waals surface area (Å²) in [4.78, 5) is 16.8. The Bertz CT molecular complexity index is 1070. The Balaban J connectivity index is 2.00. The van der Waals surface area contributed by atoms with E-state index in [-0.39, 0.29) is 23.0 Å². The first kappa shape index (κ1) is 20.0. The number of rotatable bonds is 4. The lowest BCUT2D eigenvalue weighted by molar-refractivity contribution is 0.0868. The number of anilines is 1. The van der Waals surface area contributed by atoms with Gasteiger partial charge in [-0.15, -0.1) is 0 Å². The first-order valence-corrected chi connectivity index (χ1v) is 8.94. The first-order valence-electron chi connectivity index (χ1n) is 8.57. The quantitative estimate of drug-likeness (QED) is 0.483. The van der Waals surface area contributed by atoms with Crippen LogP contribution in [0.4, 0.5) is 14.5 Å². The van der Waals surface area contributed by atoms with E-state index < -0.39 is 17.0 Å². The summed E-state index contributed by atoms with van der Waals surface area (Å²) >= 11 is 5.16. The van der Waals surface area contributed by atoms with Gasteiger partial charge in [-0.2, -0.15) is 13.9 Å². The van der Waals surface area contributed by atoms with Gasteiger partial charge in [-0.1, -0.05) is 13.8 Å². The topological polar surface area (TPSA) is 79.5 Å². The van der Waals surface area contributed by atoms with Crippen molar-refractivity contribution in [2.45, 2.75) is 39.0 Å². The molecule has 1 amide bonds. The second-order valence-electron chi connectivity index (χ2n) is 6.91. The van der Waals surface area contributed by atoms with Gasteiger partial charge in [-0.25, -0.2) is 9.50 Å². The van der Waals surface area contributed by atoms with Gasteiger partial charge in [0.05, 0.1) is 0 Å². The van der Waals surface area contributed by atoms with Gasteiger partial charge >= 0.3 is 5.38 Å². The van der Waals surface area contributed by atoms with Gasteiger partial charge in [-0.3, -0.25) is 4.79 Å². The van der Waals surface area contributed by atoms with Gasteiger partial charge < -0.3 is 10.4 Å². The number of aromatic hydroxyl groups is 1. The van der Waals surface area contributed by atoms with E-state index in [0.29, 0.717) is 22.5 Å². The highest BCUT2D eigenvalue weighted by atomic mass is 35.5. The molecule has 0 spiro atoms. The minimum absolute atomic E-state index is 0.0483. The second kappa shape index (κ2) is 7.01. The van der Waals surface area contributed by atoms with Crippen molar-refractivity contribution in [1.29, 1.82) is 0 Å². The van der Waals surface area contributed by atoms with Gasteiger partial charge in [0.15, 0.2) is 11.3 Å². The highest BCUT2D eigenvalue weighted by Crippen LogP contribution is 2.33. The molecule has 3 aromatic rings. The van der Waals surface area contributed by atoms with Crippen molar-refractivity contribution >= 4 is 28.8 Å². The summed E-state index contributed by atoms with van der Waals surface area (Å²) in [5.74, 6) is -0.394. The zero-order valence-electron chi connectivity index (χ0n) is 15.7. The van der Waals surface area contributed by atoms with Crippen LogP contribution in [0.3, 0.4) is 0 Å². The highest BCUT2D eigenvalue weighted by Gasteiger charge is 2.32. The molecule has 9 heteroatoms. The lowest BCUT2D eigenvalue weighted by Crippen LogP contribution is -2.16. The van der Waals surface area contributed by atoms with Crippen LogP contribution in [-0.2, 0) is 5.38 Å². The predicted octanol–water partition coefficient (Wildman–Crippen LogP) is 4.72. The molecule has 0 aliphatic rings. The summed E-state index contributed by atoms with van der Waals surface area (Å²) in [6, 6.07) is 5.68. The number of phenols is 1. The number of amides is 1. The van der Waals surface area contributed by atoms with Crippen LogP contribution in [0.2, 0.25) is 0 Å². The molecule has 6 nitrogen and oxygen atoms in total. The van der Waals surface area contributed by atoms with Crippen molar-refractivity contribution in [3.05, 3.63) is 52.5 Å². The van der Waals surface area contributed by atoms with Crippen molar-refractivity contribution < 1.29 is 18.7 Å². The number of nitrogens with one attached hydrogen (secondary N) is 1. The summed E-state index contributed by atoms with van der Waals surface area (Å²) in [5, 5.41) is 13.0. The van der Waals surface area contributed by atoms with E-state index in [1.54, 1.807) is 26.0 Å². The maximum absolute atomic E-state index is 13.7. The minimum Gasteiger partial charge on any atom is -0.508 e. The van der Waals surface area contributed by atoms with Crippen molar-refractivity contribution in [2.75, 3.05) is 5.32 Å². The van der Waals surface area contributed by atoms with Gasteiger partial charge in [0.25, 0.3) is 5.91 Å². The molecule has 0 radical (unpaired) electrons. The molecule has 0 bridgehead atoms. The molecule has 2 N–H and O–H groups in total. The highest BCUT2D eigenvalue weighted by molar-refractivity contribution is 6.21. The second-order valence-corrected chi connectivity index (χ2v) is 7.39. The molecular weight excluding hydrogens is 390 g/mol. The SMILES string of the molecule is Cc1cc(C(F)(F)Cl)n2nc(C(=O)Nc3cc(C(C)C)c(O)cc3C)cc2n1. The molecule has 0 fully saturated rings. The molecule has 2 aromatic heterocycles. The molecule has 0 saturated heterocycles. The van der Waals surface area contributed by atoms with Crippen LogP contribution in [0.15, 0.2) is 24.3 Å². The molecule has 0 atom stereocenters. The third kappa shape index (κ3) is 3.77. The standard InChI is InChI=1S/C19H19ClF2N4O2/c1-9(2)12-7-13(10(3)5-15(12)27)24-18(28)14-8-17-23-11(4)6-16(19(20,21)22)26(17)25-14/h5-9,27H,1-4H3,(H,24,28). The number of fused-ring (bicyclic) bond motifs is 1. The zero-order chi connectivity index (χ0) is 20.8. The fourth-order valence-corrected chi connectivity index (χ4v) is 3.04. The van der Waals surface area contributed by atoms with E-state index in [0.717, 1.165) is 10.6 Å². The maximum Gasteiger partial charge on any atom is 0.364 e. The van der Waals surface area contributed by atoms with Crippen LogP contribution in [-0.4, -0.2) is 25.6 Å². The van der Waals surface area contributed by atoms with Gasteiger partial charge in [-0.05, 0) is 60.7 Å². The van der Waals surface area contributed by atoms with Crippen LogP contribution in [0.1, 0.15) is 52.8 Å². The molecule has 0 unspecified atom stereocenters. The Kier molecular flexibility index (Phi) is 5.01. The molecule has 0 aliphatic carbocycles. The van der Waals surface area contributed by atoms with Crippen molar-refractivity contribution in [3.8, 4) is 5.75 Å². The number of benzene rings is 1. The van der Waals surface area contributed by atoms with Crippen LogP contribution in [0, 0.1) is 13.8 Å². The van der Waals surface area contributed by atoms with Crippen LogP contribution in [0.25, 0.3) is 5.65 Å². The average Bonchev–Trinajstić information content (AvgIpc) is 2.98. The minimum atomic E-state index is -3.66. The number of phenolic OH excluding ortho intramolecular Hbond substituents is 1. The number of alkyl halides is 3. The van der Waals surface area contributed by atoms with Crippen molar-refractivity contribution in [3.63, 3.8) is 0 Å². The Hall–Kier alpha value is -2.74. The van der Waals surface area contributed by atoms with Gasteiger partial charge in [0.1, 0.15) is 11.4 Å². The summed E-state index contributed by atoms with van der Waals surface area (Å²) in [6.45, 7) is 7.12. The van der Waals surface area contributed by atoms with E-state index in [2.05, 4.69) is 15.4 Å². The van der Waals surface area contributed by atoms with E-state index >= 15 is 0 Å². The largest absolute Gasteiger partial charge is 0.508 e. The number of nitrogens with zero attached hydrogens (tertiary/aromatic N) is 3. The Morgan fingerprint density at radius 1 is 1.25 bits per heavy atom. The fourth-order valence-electron chi connectivity index (χ4n) is 2.91. The first-order chi connectivity index (χ1) is 13.0. The number of halogens is 3. The summed E-state index contributed by atoms with van der Waals surface area (Å²) in [6.07, 6.45) is 0. The zero-order valence-corrected chi connectivity index (χ0v) is 16.5. The molecule has 28 heavy (non-hydrogen) atoms. The number of carbonyl (C=O) groups is 1. The van der Waals surface area contributed by atoms with E-state index in [1.807, 2.05) is 13.8 Å². The maximum atomic E-state index is 13.7. The van der Waals surface area contributed by atoms with Crippen LogP contribution in [0.5, 0.6) is 5.75 Å².